The number of fused-ring (bicyclic) bond motifs is 2. The van der Waals surface area contributed by atoms with Gasteiger partial charge in [-0.05, 0) is 43.4 Å². The van der Waals surface area contributed by atoms with Crippen LogP contribution in [0.15, 0.2) is 30.3 Å². The minimum atomic E-state index is -0.153. The third kappa shape index (κ3) is 4.73. The van der Waals surface area contributed by atoms with Crippen molar-refractivity contribution in [1.29, 1.82) is 0 Å². The van der Waals surface area contributed by atoms with Crippen molar-refractivity contribution in [1.82, 2.24) is 9.88 Å². The number of likely N-dealkylation sites (N-methyl/N-ethyl adjacent to an activating group) is 1. The highest BCUT2D eigenvalue weighted by Crippen LogP contribution is 2.39. The van der Waals surface area contributed by atoms with Crippen LogP contribution in [-0.2, 0) is 0 Å². The fourth-order valence-electron chi connectivity index (χ4n) is 3.47. The third-order valence-corrected chi connectivity index (χ3v) is 6.84. The first kappa shape index (κ1) is 24.4. The molecule has 0 unspecified atom stereocenters. The van der Waals surface area contributed by atoms with E-state index in [0.717, 1.165) is 24.3 Å². The van der Waals surface area contributed by atoms with E-state index in [2.05, 4.69) is 18.7 Å². The van der Waals surface area contributed by atoms with E-state index in [1.54, 1.807) is 42.3 Å². The second-order valence-corrected chi connectivity index (χ2v) is 8.36. The van der Waals surface area contributed by atoms with Gasteiger partial charge >= 0.3 is 0 Å². The Hall–Kier alpha value is -2.26. The van der Waals surface area contributed by atoms with Gasteiger partial charge in [0.25, 0.3) is 5.91 Å². The highest BCUT2D eigenvalue weighted by molar-refractivity contribution is 7.23. The van der Waals surface area contributed by atoms with E-state index < -0.39 is 0 Å². The van der Waals surface area contributed by atoms with Crippen LogP contribution in [0.1, 0.15) is 24.2 Å². The standard InChI is InChI=1S/C22H24ClN3O4S.ClH/c1-4-25(5-2)10-11-26(21(27)14-6-8-16-18(12-14)30-13-29-16)22-24-19-17(28-3)9-7-15(23)20(19)31-22;/h6-9,12H,4-5,10-11,13H2,1-3H3;1H. The van der Waals surface area contributed by atoms with E-state index in [9.17, 15) is 4.79 Å². The predicted octanol–water partition coefficient (Wildman–Crippen LogP) is 5.10. The summed E-state index contributed by atoms with van der Waals surface area (Å²) in [7, 11) is 1.59. The summed E-state index contributed by atoms with van der Waals surface area (Å²) in [4.78, 5) is 22.3. The lowest BCUT2D eigenvalue weighted by molar-refractivity contribution is 0.0983. The van der Waals surface area contributed by atoms with Gasteiger partial charge in [0.15, 0.2) is 16.6 Å². The zero-order valence-corrected chi connectivity index (χ0v) is 20.5. The molecule has 32 heavy (non-hydrogen) atoms. The second kappa shape index (κ2) is 10.6. The molecule has 3 aromatic rings. The van der Waals surface area contributed by atoms with Gasteiger partial charge < -0.3 is 19.1 Å². The van der Waals surface area contributed by atoms with Gasteiger partial charge in [0.2, 0.25) is 6.79 Å². The molecule has 7 nitrogen and oxygen atoms in total. The number of hydrogen-bond donors (Lipinski definition) is 0. The van der Waals surface area contributed by atoms with Crippen LogP contribution in [0.3, 0.4) is 0 Å². The summed E-state index contributed by atoms with van der Waals surface area (Å²) >= 11 is 7.79. The number of rotatable bonds is 8. The molecule has 0 atom stereocenters. The van der Waals surface area contributed by atoms with Gasteiger partial charge in [-0.15, -0.1) is 12.4 Å². The summed E-state index contributed by atoms with van der Waals surface area (Å²) in [5, 5.41) is 1.16. The van der Waals surface area contributed by atoms with Crippen LogP contribution in [-0.4, -0.2) is 55.9 Å². The minimum Gasteiger partial charge on any atom is -0.494 e. The Balaban J connectivity index is 0.00000289. The maximum atomic E-state index is 13.6. The molecule has 0 bridgehead atoms. The maximum absolute atomic E-state index is 13.6. The number of methoxy groups -OCH3 is 1. The van der Waals surface area contributed by atoms with E-state index in [1.165, 1.54) is 11.3 Å². The van der Waals surface area contributed by atoms with E-state index in [4.69, 9.17) is 30.8 Å². The molecule has 0 radical (unpaired) electrons. The molecule has 0 saturated heterocycles. The first-order valence-electron chi connectivity index (χ1n) is 10.1. The lowest BCUT2D eigenvalue weighted by Crippen LogP contribution is -2.38. The molecule has 0 fully saturated rings. The fraction of sp³-hybridized carbons (Fsp3) is 0.364. The highest BCUT2D eigenvalue weighted by Gasteiger charge is 2.25. The molecule has 1 aliphatic heterocycles. The number of thiazole rings is 1. The fourth-order valence-corrected chi connectivity index (χ4v) is 4.75. The molecule has 0 aliphatic carbocycles. The van der Waals surface area contributed by atoms with E-state index >= 15 is 0 Å². The van der Waals surface area contributed by atoms with E-state index in [0.29, 0.717) is 45.0 Å². The van der Waals surface area contributed by atoms with Crippen LogP contribution >= 0.6 is 35.3 Å². The van der Waals surface area contributed by atoms with Crippen LogP contribution in [0.2, 0.25) is 5.02 Å². The van der Waals surface area contributed by atoms with Crippen molar-refractivity contribution in [3.8, 4) is 17.2 Å². The first-order valence-corrected chi connectivity index (χ1v) is 11.3. The lowest BCUT2D eigenvalue weighted by atomic mass is 10.1. The number of carbonyl (C=O) groups is 1. The van der Waals surface area contributed by atoms with E-state index in [1.807, 2.05) is 0 Å². The van der Waals surface area contributed by atoms with Crippen molar-refractivity contribution < 1.29 is 19.0 Å². The van der Waals surface area contributed by atoms with Crippen molar-refractivity contribution >= 4 is 56.6 Å². The summed E-state index contributed by atoms with van der Waals surface area (Å²) in [5.41, 5.74) is 1.17. The smallest absolute Gasteiger partial charge is 0.260 e. The summed E-state index contributed by atoms with van der Waals surface area (Å²) in [6, 6.07) is 8.80. The molecule has 0 saturated carbocycles. The summed E-state index contributed by atoms with van der Waals surface area (Å²) in [5.74, 6) is 1.69. The summed E-state index contributed by atoms with van der Waals surface area (Å²) in [6.07, 6.45) is 0. The van der Waals surface area contributed by atoms with Crippen LogP contribution in [0.5, 0.6) is 17.2 Å². The Morgan fingerprint density at radius 1 is 1.16 bits per heavy atom. The van der Waals surface area contributed by atoms with Gasteiger partial charge in [0.1, 0.15) is 11.3 Å². The van der Waals surface area contributed by atoms with Crippen molar-refractivity contribution in [2.75, 3.05) is 45.0 Å². The van der Waals surface area contributed by atoms with Gasteiger partial charge in [-0.1, -0.05) is 36.8 Å². The largest absolute Gasteiger partial charge is 0.494 e. The number of anilines is 1. The van der Waals surface area contributed by atoms with Crippen LogP contribution < -0.4 is 19.1 Å². The lowest BCUT2D eigenvalue weighted by Gasteiger charge is -2.24. The van der Waals surface area contributed by atoms with Crippen molar-refractivity contribution in [2.24, 2.45) is 0 Å². The number of hydrogen-bond acceptors (Lipinski definition) is 7. The van der Waals surface area contributed by atoms with E-state index in [-0.39, 0.29) is 25.1 Å². The number of amides is 1. The molecule has 1 aliphatic rings. The molecule has 2 heterocycles. The van der Waals surface area contributed by atoms with Crippen molar-refractivity contribution in [3.63, 3.8) is 0 Å². The Labute approximate surface area is 202 Å². The number of benzene rings is 2. The maximum Gasteiger partial charge on any atom is 0.260 e. The molecular weight excluding hydrogens is 473 g/mol. The van der Waals surface area contributed by atoms with Crippen molar-refractivity contribution in [3.05, 3.63) is 40.9 Å². The molecule has 0 spiro atoms. The second-order valence-electron chi connectivity index (χ2n) is 6.98. The zero-order chi connectivity index (χ0) is 22.0. The summed E-state index contributed by atoms with van der Waals surface area (Å²) < 4.78 is 17.1. The highest BCUT2D eigenvalue weighted by atomic mass is 35.5. The van der Waals surface area contributed by atoms with Crippen molar-refractivity contribution in [2.45, 2.75) is 13.8 Å². The Bertz CT molecular complexity index is 1100. The average molecular weight is 498 g/mol. The average Bonchev–Trinajstić information content (AvgIpc) is 3.44. The van der Waals surface area contributed by atoms with Gasteiger partial charge in [-0.3, -0.25) is 9.69 Å². The molecule has 1 amide bonds. The number of nitrogens with zero attached hydrogens (tertiary/aromatic N) is 3. The van der Waals surface area contributed by atoms with Gasteiger partial charge in [-0.25, -0.2) is 4.98 Å². The van der Waals surface area contributed by atoms with Gasteiger partial charge in [0.05, 0.1) is 16.8 Å². The monoisotopic (exact) mass is 497 g/mol. The quantitative estimate of drug-likeness (QED) is 0.431. The predicted molar refractivity (Wildman–Crippen MR) is 130 cm³/mol. The Morgan fingerprint density at radius 2 is 1.91 bits per heavy atom. The number of carbonyl (C=O) groups excluding carboxylic acids is 1. The number of ether oxygens (including phenoxy) is 3. The first-order chi connectivity index (χ1) is 15.0. The molecule has 1 aromatic heterocycles. The topological polar surface area (TPSA) is 64.1 Å². The Kier molecular flexibility index (Phi) is 8.05. The SMILES string of the molecule is CCN(CC)CCN(C(=O)c1ccc2c(c1)OCO2)c1nc2c(OC)ccc(Cl)c2s1.Cl. The molecule has 4 rings (SSSR count). The van der Waals surface area contributed by atoms with Crippen LogP contribution in [0, 0.1) is 0 Å². The van der Waals surface area contributed by atoms with Gasteiger partial charge in [0, 0.05) is 18.7 Å². The molecular formula is C22H25Cl2N3O4S. The van der Waals surface area contributed by atoms with Gasteiger partial charge in [-0.2, -0.15) is 0 Å². The minimum absolute atomic E-state index is 0. The number of aromatic nitrogens is 1. The zero-order valence-electron chi connectivity index (χ0n) is 18.1. The number of halogens is 2. The summed E-state index contributed by atoms with van der Waals surface area (Å²) in [6.45, 7) is 7.41. The molecule has 0 N–H and O–H groups in total. The molecule has 10 heteroatoms. The normalized spacial score (nSPS) is 12.2. The third-order valence-electron chi connectivity index (χ3n) is 5.30. The molecule has 2 aromatic carbocycles. The molecule has 172 valence electrons. The van der Waals surface area contributed by atoms with Crippen LogP contribution in [0.25, 0.3) is 10.2 Å². The Morgan fingerprint density at radius 3 is 2.62 bits per heavy atom. The van der Waals surface area contributed by atoms with Crippen LogP contribution in [0.4, 0.5) is 5.13 Å².